The first kappa shape index (κ1) is 13.1. The summed E-state index contributed by atoms with van der Waals surface area (Å²) in [4.78, 5) is 35.8. The van der Waals surface area contributed by atoms with Gasteiger partial charge in [-0.15, -0.1) is 0 Å². The van der Waals surface area contributed by atoms with Crippen LogP contribution in [0.3, 0.4) is 0 Å². The zero-order valence-electron chi connectivity index (χ0n) is 10.6. The van der Waals surface area contributed by atoms with E-state index in [1.54, 1.807) is 13.8 Å². The Morgan fingerprint density at radius 3 is 2.74 bits per heavy atom. The molecule has 1 aliphatic rings. The van der Waals surface area contributed by atoms with Gasteiger partial charge in [-0.1, -0.05) is 6.92 Å². The van der Waals surface area contributed by atoms with Crippen LogP contribution in [0.4, 0.5) is 4.79 Å². The molecule has 102 valence electrons. The SMILES string of the molecule is CCC1(C)NC(=O)N(Cc2occc2C(=O)O)C1=O. The maximum absolute atomic E-state index is 12.1. The Hall–Kier alpha value is -2.31. The fourth-order valence-electron chi connectivity index (χ4n) is 1.93. The summed E-state index contributed by atoms with van der Waals surface area (Å²) in [6.45, 7) is 3.24. The average molecular weight is 266 g/mol. The minimum atomic E-state index is -1.16. The Balaban J connectivity index is 2.24. The van der Waals surface area contributed by atoms with E-state index in [1.165, 1.54) is 12.3 Å². The summed E-state index contributed by atoms with van der Waals surface area (Å²) in [5, 5.41) is 11.5. The lowest BCUT2D eigenvalue weighted by molar-refractivity contribution is -0.131. The van der Waals surface area contributed by atoms with Gasteiger partial charge in [-0.3, -0.25) is 9.69 Å². The monoisotopic (exact) mass is 266 g/mol. The molecule has 1 fully saturated rings. The van der Waals surface area contributed by atoms with Crippen LogP contribution in [-0.2, 0) is 11.3 Å². The van der Waals surface area contributed by atoms with Gasteiger partial charge in [0, 0.05) is 0 Å². The third kappa shape index (κ3) is 2.07. The number of carboxylic acid groups (broad SMARTS) is 1. The highest BCUT2D eigenvalue weighted by atomic mass is 16.4. The van der Waals surface area contributed by atoms with Crippen molar-refractivity contribution < 1.29 is 23.9 Å². The topological polar surface area (TPSA) is 99.8 Å². The summed E-state index contributed by atoms with van der Waals surface area (Å²) in [7, 11) is 0. The van der Waals surface area contributed by atoms with Crippen LogP contribution in [0.5, 0.6) is 0 Å². The Bertz CT molecular complexity index is 550. The number of carboxylic acids is 1. The maximum atomic E-state index is 12.1. The molecule has 1 aromatic rings. The molecule has 1 unspecified atom stereocenters. The van der Waals surface area contributed by atoms with Gasteiger partial charge in [-0.2, -0.15) is 0 Å². The molecule has 7 nitrogen and oxygen atoms in total. The lowest BCUT2D eigenvalue weighted by Crippen LogP contribution is -2.43. The first-order chi connectivity index (χ1) is 8.89. The largest absolute Gasteiger partial charge is 0.478 e. The van der Waals surface area contributed by atoms with Gasteiger partial charge in [-0.05, 0) is 19.4 Å². The molecule has 2 N–H and O–H groups in total. The van der Waals surface area contributed by atoms with E-state index in [1.807, 2.05) is 0 Å². The van der Waals surface area contributed by atoms with Gasteiger partial charge in [0.05, 0.1) is 12.8 Å². The van der Waals surface area contributed by atoms with Crippen molar-refractivity contribution in [3.05, 3.63) is 23.7 Å². The van der Waals surface area contributed by atoms with Crippen molar-refractivity contribution in [2.45, 2.75) is 32.4 Å². The normalized spacial score (nSPS) is 22.7. The first-order valence-corrected chi connectivity index (χ1v) is 5.83. The summed E-state index contributed by atoms with van der Waals surface area (Å²) >= 11 is 0. The van der Waals surface area contributed by atoms with E-state index < -0.39 is 17.5 Å². The van der Waals surface area contributed by atoms with Crippen molar-refractivity contribution in [2.75, 3.05) is 0 Å². The zero-order valence-corrected chi connectivity index (χ0v) is 10.6. The quantitative estimate of drug-likeness (QED) is 0.797. The number of amides is 3. The summed E-state index contributed by atoms with van der Waals surface area (Å²) < 4.78 is 5.03. The molecule has 0 spiro atoms. The fraction of sp³-hybridized carbons (Fsp3) is 0.417. The first-order valence-electron chi connectivity index (χ1n) is 5.83. The van der Waals surface area contributed by atoms with E-state index in [2.05, 4.69) is 5.32 Å². The minimum Gasteiger partial charge on any atom is -0.478 e. The minimum absolute atomic E-state index is 0.0503. The fourth-order valence-corrected chi connectivity index (χ4v) is 1.93. The van der Waals surface area contributed by atoms with Crippen LogP contribution >= 0.6 is 0 Å². The van der Waals surface area contributed by atoms with Crippen molar-refractivity contribution in [2.24, 2.45) is 0 Å². The smallest absolute Gasteiger partial charge is 0.339 e. The van der Waals surface area contributed by atoms with Crippen molar-refractivity contribution in [1.29, 1.82) is 0 Å². The molecule has 2 rings (SSSR count). The molecule has 1 atom stereocenters. The second kappa shape index (κ2) is 4.42. The third-order valence-corrected chi connectivity index (χ3v) is 3.33. The van der Waals surface area contributed by atoms with E-state index >= 15 is 0 Å². The molecule has 0 bridgehead atoms. The van der Waals surface area contributed by atoms with Crippen LogP contribution in [0, 0.1) is 0 Å². The van der Waals surface area contributed by atoms with Crippen molar-refractivity contribution in [3.63, 3.8) is 0 Å². The highest BCUT2D eigenvalue weighted by Gasteiger charge is 2.46. The lowest BCUT2D eigenvalue weighted by atomic mass is 9.99. The number of hydrogen-bond donors (Lipinski definition) is 2. The molecule has 7 heteroatoms. The molecule has 3 amide bonds. The maximum Gasteiger partial charge on any atom is 0.339 e. The van der Waals surface area contributed by atoms with Crippen molar-refractivity contribution >= 4 is 17.9 Å². The molecular weight excluding hydrogens is 252 g/mol. The lowest BCUT2D eigenvalue weighted by Gasteiger charge is -2.18. The van der Waals surface area contributed by atoms with E-state index in [0.29, 0.717) is 6.42 Å². The molecule has 0 aliphatic carbocycles. The molecule has 1 aliphatic heterocycles. The number of carbonyl (C=O) groups excluding carboxylic acids is 2. The number of carbonyl (C=O) groups is 3. The van der Waals surface area contributed by atoms with Gasteiger partial charge in [0.2, 0.25) is 0 Å². The number of furan rings is 1. The highest BCUT2D eigenvalue weighted by Crippen LogP contribution is 2.23. The van der Waals surface area contributed by atoms with Crippen molar-refractivity contribution in [3.8, 4) is 0 Å². The summed E-state index contributed by atoms with van der Waals surface area (Å²) in [5.74, 6) is -1.46. The Labute approximate surface area is 109 Å². The van der Waals surface area contributed by atoms with Crippen LogP contribution < -0.4 is 5.32 Å². The molecule has 0 radical (unpaired) electrons. The number of rotatable bonds is 4. The molecule has 0 saturated carbocycles. The van der Waals surface area contributed by atoms with Crippen LogP contribution in [0.1, 0.15) is 36.4 Å². The number of imide groups is 1. The van der Waals surface area contributed by atoms with Crippen LogP contribution in [0.2, 0.25) is 0 Å². The van der Waals surface area contributed by atoms with Crippen LogP contribution in [0.25, 0.3) is 0 Å². The Morgan fingerprint density at radius 2 is 2.21 bits per heavy atom. The highest BCUT2D eigenvalue weighted by molar-refractivity contribution is 6.06. The van der Waals surface area contributed by atoms with Crippen molar-refractivity contribution in [1.82, 2.24) is 10.2 Å². The second-order valence-corrected chi connectivity index (χ2v) is 4.57. The standard InChI is InChI=1S/C12H14N2O5/c1-3-12(2)10(17)14(11(18)13-12)6-8-7(9(15)16)4-5-19-8/h4-5H,3,6H2,1-2H3,(H,13,18)(H,15,16). The Kier molecular flexibility index (Phi) is 3.05. The number of nitrogens with one attached hydrogen (secondary N) is 1. The van der Waals surface area contributed by atoms with Crippen LogP contribution in [0.15, 0.2) is 16.7 Å². The van der Waals surface area contributed by atoms with E-state index in [-0.39, 0.29) is 23.8 Å². The van der Waals surface area contributed by atoms with Gasteiger partial charge in [-0.25, -0.2) is 9.59 Å². The number of nitrogens with zero attached hydrogens (tertiary/aromatic N) is 1. The average Bonchev–Trinajstić information content (AvgIpc) is 2.89. The van der Waals surface area contributed by atoms with Gasteiger partial charge < -0.3 is 14.8 Å². The van der Waals surface area contributed by atoms with Gasteiger partial charge in [0.15, 0.2) is 0 Å². The number of aromatic carboxylic acids is 1. The molecule has 2 heterocycles. The molecule has 1 saturated heterocycles. The third-order valence-electron chi connectivity index (χ3n) is 3.33. The number of hydrogen-bond acceptors (Lipinski definition) is 4. The Morgan fingerprint density at radius 1 is 1.53 bits per heavy atom. The van der Waals surface area contributed by atoms with E-state index in [9.17, 15) is 14.4 Å². The van der Waals surface area contributed by atoms with Gasteiger partial charge in [0.1, 0.15) is 16.9 Å². The van der Waals surface area contributed by atoms with Gasteiger partial charge in [0.25, 0.3) is 5.91 Å². The van der Waals surface area contributed by atoms with E-state index in [0.717, 1.165) is 4.90 Å². The predicted molar refractivity (Wildman–Crippen MR) is 63.4 cm³/mol. The molecule has 1 aromatic heterocycles. The predicted octanol–water partition coefficient (Wildman–Crippen LogP) is 1.20. The second-order valence-electron chi connectivity index (χ2n) is 4.57. The summed E-state index contributed by atoms with van der Waals surface area (Å²) in [5.41, 5.74) is -0.988. The molecular formula is C12H14N2O5. The number of urea groups is 1. The zero-order chi connectivity index (χ0) is 14.2. The van der Waals surface area contributed by atoms with Crippen LogP contribution in [-0.4, -0.2) is 33.5 Å². The molecule has 0 aromatic carbocycles. The summed E-state index contributed by atoms with van der Waals surface area (Å²) in [6.07, 6.45) is 1.67. The summed E-state index contributed by atoms with van der Waals surface area (Å²) in [6, 6.07) is 0.747. The van der Waals surface area contributed by atoms with E-state index in [4.69, 9.17) is 9.52 Å². The molecule has 19 heavy (non-hydrogen) atoms. The van der Waals surface area contributed by atoms with Gasteiger partial charge >= 0.3 is 12.0 Å².